The zero-order chi connectivity index (χ0) is 24.6. The number of hydrogen-bond acceptors (Lipinski definition) is 9. The first-order valence-electron chi connectivity index (χ1n) is 11.0. The molecule has 1 aromatic carbocycles. The number of benzene rings is 1. The smallest absolute Gasteiger partial charge is 0.177 e. The third-order valence-corrected chi connectivity index (χ3v) is 6.80. The lowest BCUT2D eigenvalue weighted by molar-refractivity contribution is 0.112. The number of rotatable bonds is 6. The maximum Gasteiger partial charge on any atom is 0.177 e. The van der Waals surface area contributed by atoms with E-state index in [1.54, 1.807) is 36.4 Å². The van der Waals surface area contributed by atoms with E-state index in [-0.39, 0.29) is 16.7 Å². The number of aryl methyl sites for hydroxylation is 1. The molecule has 178 valence electrons. The molecule has 0 saturated carbocycles. The summed E-state index contributed by atoms with van der Waals surface area (Å²) < 4.78 is 31.1. The lowest BCUT2D eigenvalue weighted by Gasteiger charge is -2.16. The summed E-state index contributed by atoms with van der Waals surface area (Å²) in [4.78, 5) is 16.6. The van der Waals surface area contributed by atoms with Crippen LogP contribution in [0.1, 0.15) is 36.0 Å². The van der Waals surface area contributed by atoms with Crippen molar-refractivity contribution in [2.75, 3.05) is 23.5 Å². The fourth-order valence-electron chi connectivity index (χ4n) is 4.10. The van der Waals surface area contributed by atoms with Crippen LogP contribution in [0.25, 0.3) is 11.2 Å². The molecule has 5 rings (SSSR count). The molecule has 35 heavy (non-hydrogen) atoms. The van der Waals surface area contributed by atoms with Crippen LogP contribution in [0.2, 0.25) is 0 Å². The number of imidazole rings is 1. The van der Waals surface area contributed by atoms with Crippen molar-refractivity contribution in [3.8, 4) is 6.07 Å². The molecule has 1 fully saturated rings. The van der Waals surface area contributed by atoms with Gasteiger partial charge in [-0.2, -0.15) is 5.26 Å². The van der Waals surface area contributed by atoms with E-state index in [4.69, 9.17) is 10.00 Å². The summed E-state index contributed by atoms with van der Waals surface area (Å²) in [5, 5.41) is 15.5. The second-order valence-corrected chi connectivity index (χ2v) is 10.4. The van der Waals surface area contributed by atoms with Crippen LogP contribution in [-0.4, -0.2) is 41.2 Å². The number of anilines is 4. The van der Waals surface area contributed by atoms with Gasteiger partial charge in [-0.3, -0.25) is 0 Å². The fraction of sp³-hybridized carbons (Fsp3) is 0.250. The molecule has 3 N–H and O–H groups in total. The van der Waals surface area contributed by atoms with E-state index < -0.39 is 9.84 Å². The Morgan fingerprint density at radius 3 is 2.69 bits per heavy atom. The molecule has 1 aliphatic heterocycles. The number of fused-ring (bicyclic) bond motifs is 1. The molecule has 1 saturated heterocycles. The van der Waals surface area contributed by atoms with Gasteiger partial charge in [-0.05, 0) is 49.6 Å². The van der Waals surface area contributed by atoms with E-state index in [1.165, 1.54) is 6.26 Å². The number of ether oxygens (including phenoxy) is 1. The van der Waals surface area contributed by atoms with Gasteiger partial charge in [0.15, 0.2) is 15.5 Å². The number of hydrogen-bond donors (Lipinski definition) is 3. The third-order valence-electron chi connectivity index (χ3n) is 5.67. The number of aromatic nitrogens is 4. The maximum atomic E-state index is 12.7. The van der Waals surface area contributed by atoms with Crippen molar-refractivity contribution in [3.05, 3.63) is 59.5 Å². The third kappa shape index (κ3) is 4.80. The van der Waals surface area contributed by atoms with E-state index in [2.05, 4.69) is 30.6 Å². The number of pyridine rings is 2. The lowest BCUT2D eigenvalue weighted by atomic mass is 10.1. The van der Waals surface area contributed by atoms with Gasteiger partial charge in [0.05, 0.1) is 22.4 Å². The normalized spacial score (nSPS) is 15.7. The molecule has 0 aliphatic carbocycles. The Balaban J connectivity index is 1.56. The summed E-state index contributed by atoms with van der Waals surface area (Å²) in [6.07, 6.45) is 2.91. The Kier molecular flexibility index (Phi) is 5.84. The van der Waals surface area contributed by atoms with Gasteiger partial charge in [-0.1, -0.05) is 12.1 Å². The molecule has 4 aromatic rings. The molecule has 0 bridgehead atoms. The van der Waals surface area contributed by atoms with Crippen molar-refractivity contribution in [1.29, 1.82) is 5.26 Å². The summed E-state index contributed by atoms with van der Waals surface area (Å²) in [7, 11) is -3.54. The van der Waals surface area contributed by atoms with Crippen molar-refractivity contribution in [2.45, 2.75) is 30.8 Å². The van der Waals surface area contributed by atoms with Crippen LogP contribution in [0.4, 0.5) is 23.0 Å². The van der Waals surface area contributed by atoms with Crippen LogP contribution in [0.3, 0.4) is 0 Å². The Labute approximate surface area is 202 Å². The number of sulfone groups is 1. The molecular formula is C24H23N7O3S. The number of nitrogens with zero attached hydrogens (tertiary/aromatic N) is 4. The van der Waals surface area contributed by atoms with Crippen LogP contribution in [-0.2, 0) is 14.6 Å². The number of H-pyrrole nitrogens is 1. The van der Waals surface area contributed by atoms with E-state index in [0.29, 0.717) is 46.6 Å². The van der Waals surface area contributed by atoms with Gasteiger partial charge < -0.3 is 20.4 Å². The molecule has 3 aromatic heterocycles. The second-order valence-electron chi connectivity index (χ2n) is 8.37. The quantitative estimate of drug-likeness (QED) is 0.361. The van der Waals surface area contributed by atoms with E-state index >= 15 is 0 Å². The van der Waals surface area contributed by atoms with Crippen molar-refractivity contribution in [3.63, 3.8) is 0 Å². The van der Waals surface area contributed by atoms with Crippen molar-refractivity contribution < 1.29 is 13.2 Å². The predicted octanol–water partition coefficient (Wildman–Crippen LogP) is 4.28. The minimum atomic E-state index is -3.54. The Bertz CT molecular complexity index is 1570. The van der Waals surface area contributed by atoms with Crippen LogP contribution in [0.15, 0.2) is 47.4 Å². The van der Waals surface area contributed by atoms with Crippen molar-refractivity contribution in [1.82, 2.24) is 19.9 Å². The summed E-state index contributed by atoms with van der Waals surface area (Å²) in [6, 6.07) is 14.1. The van der Waals surface area contributed by atoms with Gasteiger partial charge in [-0.15, -0.1) is 0 Å². The lowest BCUT2D eigenvalue weighted by Crippen LogP contribution is -2.06. The highest BCUT2D eigenvalue weighted by atomic mass is 32.2. The Hall–Kier alpha value is -4.01. The first-order chi connectivity index (χ1) is 16.8. The van der Waals surface area contributed by atoms with Gasteiger partial charge in [0.25, 0.3) is 0 Å². The van der Waals surface area contributed by atoms with Crippen LogP contribution in [0.5, 0.6) is 0 Å². The first-order valence-corrected chi connectivity index (χ1v) is 12.9. The molecule has 0 radical (unpaired) electrons. The standard InChI is InChI=1S/C24H23N7O3S/c1-14-26-23-18(12-22(31-24(23)27-14)30-21-7-3-5-16(13-25)28-21)29-17-9-8-15(19-6-4-10-34-19)11-20(17)35(2,32)33/h3,5,7-9,11-12,19H,4,6,10H2,1-2H3,(H3,26,27,28,29,30,31)/t19-/m1/s1. The Morgan fingerprint density at radius 2 is 1.94 bits per heavy atom. The topological polar surface area (TPSA) is 146 Å². The minimum Gasteiger partial charge on any atom is -0.374 e. The molecule has 11 heteroatoms. The fourth-order valence-corrected chi connectivity index (χ4v) is 4.97. The summed E-state index contributed by atoms with van der Waals surface area (Å²) in [5.41, 5.74) is 3.19. The van der Waals surface area contributed by atoms with E-state index in [0.717, 1.165) is 18.4 Å². The average molecular weight is 490 g/mol. The Morgan fingerprint density at radius 1 is 1.09 bits per heavy atom. The number of nitriles is 1. The monoisotopic (exact) mass is 489 g/mol. The van der Waals surface area contributed by atoms with Crippen LogP contribution in [0, 0.1) is 18.3 Å². The molecule has 1 aliphatic rings. The summed E-state index contributed by atoms with van der Waals surface area (Å²) in [5.74, 6) is 1.56. The van der Waals surface area contributed by atoms with Crippen LogP contribution < -0.4 is 10.6 Å². The molecule has 0 unspecified atom stereocenters. The van der Waals surface area contributed by atoms with E-state index in [1.807, 2.05) is 19.1 Å². The van der Waals surface area contributed by atoms with E-state index in [9.17, 15) is 8.42 Å². The van der Waals surface area contributed by atoms with Gasteiger partial charge in [-0.25, -0.2) is 23.4 Å². The summed E-state index contributed by atoms with van der Waals surface area (Å²) >= 11 is 0. The maximum absolute atomic E-state index is 12.7. The largest absolute Gasteiger partial charge is 0.374 e. The molecule has 1 atom stereocenters. The number of aromatic amines is 1. The minimum absolute atomic E-state index is 0.0985. The zero-order valence-electron chi connectivity index (χ0n) is 19.2. The molecule has 4 heterocycles. The SMILES string of the molecule is Cc1nc2c(Nc3ccc([C@H]4CCCO4)cc3S(C)(=O)=O)cc(Nc3cccc(C#N)n3)nc2[nH]1. The highest BCUT2D eigenvalue weighted by Gasteiger charge is 2.22. The van der Waals surface area contributed by atoms with Gasteiger partial charge in [0.2, 0.25) is 0 Å². The molecule has 0 spiro atoms. The van der Waals surface area contributed by atoms with Gasteiger partial charge in [0.1, 0.15) is 34.7 Å². The van der Waals surface area contributed by atoms with Gasteiger partial charge >= 0.3 is 0 Å². The highest BCUT2D eigenvalue weighted by molar-refractivity contribution is 7.90. The first kappa shape index (κ1) is 22.8. The predicted molar refractivity (Wildman–Crippen MR) is 132 cm³/mol. The molecule has 0 amide bonds. The van der Waals surface area contributed by atoms with Crippen molar-refractivity contribution in [2.24, 2.45) is 0 Å². The molecule has 10 nitrogen and oxygen atoms in total. The number of nitrogens with one attached hydrogen (secondary N) is 3. The molecular weight excluding hydrogens is 466 g/mol. The average Bonchev–Trinajstić information content (AvgIpc) is 3.48. The zero-order valence-corrected chi connectivity index (χ0v) is 20.0. The van der Waals surface area contributed by atoms with Crippen LogP contribution >= 0.6 is 0 Å². The second kappa shape index (κ2) is 8.98. The summed E-state index contributed by atoms with van der Waals surface area (Å²) in [6.45, 7) is 2.49. The van der Waals surface area contributed by atoms with Gasteiger partial charge in [0, 0.05) is 18.9 Å². The van der Waals surface area contributed by atoms with Crippen molar-refractivity contribution >= 4 is 44.0 Å². The highest BCUT2D eigenvalue weighted by Crippen LogP contribution is 2.35.